The fraction of sp³-hybridized carbons (Fsp3) is 0.231. The highest BCUT2D eigenvalue weighted by Gasteiger charge is 2.05. The van der Waals surface area contributed by atoms with Gasteiger partial charge in [-0.2, -0.15) is 0 Å². The Labute approximate surface area is 105 Å². The molecule has 0 bridgehead atoms. The van der Waals surface area contributed by atoms with Gasteiger partial charge >= 0.3 is 11.9 Å². The minimum absolute atomic E-state index is 0.203. The number of rotatable bonds is 6. The Kier molecular flexibility index (Phi) is 5.44. The Balaban J connectivity index is 2.70. The number of esters is 1. The summed E-state index contributed by atoms with van der Waals surface area (Å²) in [5.74, 6) is -1.08. The van der Waals surface area contributed by atoms with E-state index in [1.54, 1.807) is 31.2 Å². The number of hydrogen-bond donors (Lipinski definition) is 1. The number of benzene rings is 1. The minimum atomic E-state index is -1.05. The molecule has 0 unspecified atom stereocenters. The van der Waals surface area contributed by atoms with Gasteiger partial charge in [0.25, 0.3) is 0 Å². The zero-order valence-electron chi connectivity index (χ0n) is 9.96. The molecular weight excluding hydrogens is 236 g/mol. The van der Waals surface area contributed by atoms with Crippen LogP contribution in [0.2, 0.25) is 0 Å². The Morgan fingerprint density at radius 1 is 1.33 bits per heavy atom. The first-order valence-electron chi connectivity index (χ1n) is 5.42. The molecule has 1 aromatic rings. The zero-order chi connectivity index (χ0) is 13.4. The molecule has 1 N–H and O–H groups in total. The lowest BCUT2D eigenvalue weighted by molar-refractivity contribution is -0.145. The van der Waals surface area contributed by atoms with E-state index in [1.165, 1.54) is 6.08 Å². The third-order valence-corrected chi connectivity index (χ3v) is 1.98. The largest absolute Gasteiger partial charge is 0.481 e. The fourth-order valence-electron chi connectivity index (χ4n) is 1.25. The molecule has 1 rings (SSSR count). The number of aliphatic carboxylic acids is 1. The SMILES string of the molecule is CCOC(=O)COc1ccccc1C=CC(=O)O. The molecule has 1 aromatic carbocycles. The lowest BCUT2D eigenvalue weighted by atomic mass is 10.2. The summed E-state index contributed by atoms with van der Waals surface area (Å²) in [5.41, 5.74) is 0.587. The molecule has 0 amide bonds. The molecule has 96 valence electrons. The van der Waals surface area contributed by atoms with Crippen molar-refractivity contribution in [1.82, 2.24) is 0 Å². The van der Waals surface area contributed by atoms with Gasteiger partial charge in [0.05, 0.1) is 6.61 Å². The summed E-state index contributed by atoms with van der Waals surface area (Å²) in [6, 6.07) is 6.83. The molecule has 0 atom stereocenters. The van der Waals surface area contributed by atoms with Gasteiger partial charge in [-0.15, -0.1) is 0 Å². The maximum atomic E-state index is 11.1. The quantitative estimate of drug-likeness (QED) is 0.614. The topological polar surface area (TPSA) is 72.8 Å². The van der Waals surface area contributed by atoms with E-state index in [2.05, 4.69) is 0 Å². The van der Waals surface area contributed by atoms with Gasteiger partial charge < -0.3 is 14.6 Å². The van der Waals surface area contributed by atoms with E-state index >= 15 is 0 Å². The number of carbonyl (C=O) groups is 2. The molecule has 0 fully saturated rings. The van der Waals surface area contributed by atoms with Crippen molar-refractivity contribution in [2.45, 2.75) is 6.92 Å². The van der Waals surface area contributed by atoms with Gasteiger partial charge in [-0.1, -0.05) is 18.2 Å². The monoisotopic (exact) mass is 250 g/mol. The van der Waals surface area contributed by atoms with Gasteiger partial charge in [-0.3, -0.25) is 0 Å². The Morgan fingerprint density at radius 3 is 2.72 bits per heavy atom. The van der Waals surface area contributed by atoms with Crippen molar-refractivity contribution in [2.75, 3.05) is 13.2 Å². The molecular formula is C13H14O5. The fourth-order valence-corrected chi connectivity index (χ4v) is 1.25. The molecule has 0 saturated carbocycles. The van der Waals surface area contributed by atoms with Crippen LogP contribution >= 0.6 is 0 Å². The third-order valence-electron chi connectivity index (χ3n) is 1.98. The highest BCUT2D eigenvalue weighted by Crippen LogP contribution is 2.19. The second kappa shape index (κ2) is 7.11. The smallest absolute Gasteiger partial charge is 0.344 e. The van der Waals surface area contributed by atoms with Crippen molar-refractivity contribution in [2.24, 2.45) is 0 Å². The molecule has 5 nitrogen and oxygen atoms in total. The van der Waals surface area contributed by atoms with Crippen LogP contribution in [0.1, 0.15) is 12.5 Å². The average molecular weight is 250 g/mol. The number of carboxylic acid groups (broad SMARTS) is 1. The first-order valence-corrected chi connectivity index (χ1v) is 5.42. The molecule has 0 aliphatic carbocycles. The van der Waals surface area contributed by atoms with E-state index in [9.17, 15) is 9.59 Å². The third kappa shape index (κ3) is 4.69. The standard InChI is InChI=1S/C13H14O5/c1-2-17-13(16)9-18-11-6-4-3-5-10(11)7-8-12(14)15/h3-8H,2,9H2,1H3,(H,14,15). The molecule has 0 spiro atoms. The van der Waals surface area contributed by atoms with Crippen LogP contribution in [-0.4, -0.2) is 30.3 Å². The molecule has 0 aliphatic rings. The highest BCUT2D eigenvalue weighted by molar-refractivity contribution is 5.85. The highest BCUT2D eigenvalue weighted by atomic mass is 16.6. The first kappa shape index (κ1) is 13.8. The Morgan fingerprint density at radius 2 is 2.06 bits per heavy atom. The van der Waals surface area contributed by atoms with Crippen molar-refractivity contribution >= 4 is 18.0 Å². The van der Waals surface area contributed by atoms with Gasteiger partial charge in [0, 0.05) is 11.6 Å². The molecule has 18 heavy (non-hydrogen) atoms. The van der Waals surface area contributed by atoms with Crippen molar-refractivity contribution in [1.29, 1.82) is 0 Å². The summed E-state index contributed by atoms with van der Waals surface area (Å²) in [6.07, 6.45) is 2.41. The predicted octanol–water partition coefficient (Wildman–Crippen LogP) is 1.73. The lowest BCUT2D eigenvalue weighted by Crippen LogP contribution is -2.14. The summed E-state index contributed by atoms with van der Waals surface area (Å²) >= 11 is 0. The van der Waals surface area contributed by atoms with Crippen LogP contribution in [0.25, 0.3) is 6.08 Å². The Hall–Kier alpha value is -2.30. The summed E-state index contributed by atoms with van der Waals surface area (Å²) in [5, 5.41) is 8.55. The molecule has 0 aliphatic heterocycles. The number of carboxylic acids is 1. The van der Waals surface area contributed by atoms with Crippen LogP contribution in [0.5, 0.6) is 5.75 Å². The maximum Gasteiger partial charge on any atom is 0.344 e. The van der Waals surface area contributed by atoms with Gasteiger partial charge in [0.1, 0.15) is 5.75 Å². The average Bonchev–Trinajstić information content (AvgIpc) is 2.35. The number of para-hydroxylation sites is 1. The van der Waals surface area contributed by atoms with Crippen LogP contribution < -0.4 is 4.74 Å². The molecule has 0 saturated heterocycles. The van der Waals surface area contributed by atoms with Crippen molar-refractivity contribution < 1.29 is 24.2 Å². The van der Waals surface area contributed by atoms with Crippen LogP contribution in [-0.2, 0) is 14.3 Å². The Bertz CT molecular complexity index is 450. The van der Waals surface area contributed by atoms with E-state index in [-0.39, 0.29) is 6.61 Å². The van der Waals surface area contributed by atoms with Crippen molar-refractivity contribution in [3.8, 4) is 5.75 Å². The second-order valence-corrected chi connectivity index (χ2v) is 3.30. The molecule has 0 heterocycles. The predicted molar refractivity (Wildman–Crippen MR) is 65.2 cm³/mol. The van der Waals surface area contributed by atoms with E-state index in [1.807, 2.05) is 0 Å². The lowest BCUT2D eigenvalue weighted by Gasteiger charge is -2.08. The van der Waals surface area contributed by atoms with Crippen LogP contribution in [0.3, 0.4) is 0 Å². The first-order chi connectivity index (χ1) is 8.63. The molecule has 5 heteroatoms. The van der Waals surface area contributed by atoms with Gasteiger partial charge in [0.2, 0.25) is 0 Å². The van der Waals surface area contributed by atoms with Gasteiger partial charge in [-0.05, 0) is 19.1 Å². The van der Waals surface area contributed by atoms with Crippen molar-refractivity contribution in [3.63, 3.8) is 0 Å². The van der Waals surface area contributed by atoms with Crippen LogP contribution in [0.15, 0.2) is 30.3 Å². The van der Waals surface area contributed by atoms with Crippen LogP contribution in [0.4, 0.5) is 0 Å². The zero-order valence-corrected chi connectivity index (χ0v) is 9.96. The van der Waals surface area contributed by atoms with E-state index < -0.39 is 11.9 Å². The second-order valence-electron chi connectivity index (χ2n) is 3.30. The van der Waals surface area contributed by atoms with Crippen LogP contribution in [0, 0.1) is 0 Å². The molecule has 0 radical (unpaired) electrons. The van der Waals surface area contributed by atoms with Gasteiger partial charge in [-0.25, -0.2) is 9.59 Å². The van der Waals surface area contributed by atoms with E-state index in [4.69, 9.17) is 14.6 Å². The summed E-state index contributed by atoms with van der Waals surface area (Å²) in [7, 11) is 0. The van der Waals surface area contributed by atoms with E-state index in [0.717, 1.165) is 6.08 Å². The minimum Gasteiger partial charge on any atom is -0.481 e. The van der Waals surface area contributed by atoms with Gasteiger partial charge in [0.15, 0.2) is 6.61 Å². The molecule has 0 aromatic heterocycles. The summed E-state index contributed by atoms with van der Waals surface area (Å²) < 4.78 is 9.99. The normalized spacial score (nSPS) is 10.3. The number of ether oxygens (including phenoxy) is 2. The van der Waals surface area contributed by atoms with E-state index in [0.29, 0.717) is 17.9 Å². The number of hydrogen-bond acceptors (Lipinski definition) is 4. The number of carbonyl (C=O) groups excluding carboxylic acids is 1. The maximum absolute atomic E-state index is 11.1. The summed E-state index contributed by atoms with van der Waals surface area (Å²) in [6.45, 7) is 1.80. The summed E-state index contributed by atoms with van der Waals surface area (Å²) in [4.78, 5) is 21.6. The van der Waals surface area contributed by atoms with Crippen molar-refractivity contribution in [3.05, 3.63) is 35.9 Å².